The highest BCUT2D eigenvalue weighted by molar-refractivity contribution is 8.14. The second-order valence-electron chi connectivity index (χ2n) is 10.4. The van der Waals surface area contributed by atoms with Crippen LogP contribution in [0.25, 0.3) is 0 Å². The van der Waals surface area contributed by atoms with E-state index in [1.54, 1.807) is 6.08 Å². The van der Waals surface area contributed by atoms with Crippen molar-refractivity contribution in [3.05, 3.63) is 12.7 Å². The molecule has 0 aromatic heterocycles. The molecule has 33 heavy (non-hydrogen) atoms. The normalized spacial score (nSPS) is 24.1. The first-order valence-electron chi connectivity index (χ1n) is 11.2. The van der Waals surface area contributed by atoms with E-state index in [-0.39, 0.29) is 36.2 Å². The maximum absolute atomic E-state index is 13.3. The van der Waals surface area contributed by atoms with Gasteiger partial charge in [0.15, 0.2) is 10.2 Å². The summed E-state index contributed by atoms with van der Waals surface area (Å²) in [5.41, 5.74) is -1.71. The van der Waals surface area contributed by atoms with E-state index in [2.05, 4.69) is 13.5 Å². The van der Waals surface area contributed by atoms with Crippen LogP contribution in [0, 0.1) is 16.7 Å². The molecule has 10 heteroatoms. The van der Waals surface area contributed by atoms with E-state index in [1.165, 1.54) is 0 Å². The third-order valence-electron chi connectivity index (χ3n) is 5.08. The van der Waals surface area contributed by atoms with Crippen molar-refractivity contribution in [1.82, 2.24) is 0 Å². The van der Waals surface area contributed by atoms with Crippen LogP contribution in [-0.4, -0.2) is 53.3 Å². The van der Waals surface area contributed by atoms with Crippen molar-refractivity contribution in [3.63, 3.8) is 0 Å². The predicted molar refractivity (Wildman–Crippen MR) is 137 cm³/mol. The van der Waals surface area contributed by atoms with E-state index >= 15 is 0 Å². The number of ether oxygens (including phenoxy) is 1. The van der Waals surface area contributed by atoms with E-state index in [4.69, 9.17) is 18.3 Å². The molecule has 0 aromatic carbocycles. The SMILES string of the molecule is C=C[C@@]1(COP(=O)(OCCSC(=O)C(C)(C)C)OCCSC(=O)C(C)(C)C)C[C@H](C)[C@H](C)O1. The van der Waals surface area contributed by atoms with E-state index in [0.717, 1.165) is 23.5 Å². The van der Waals surface area contributed by atoms with Gasteiger partial charge in [0.25, 0.3) is 0 Å². The quantitative estimate of drug-likeness (QED) is 0.170. The Hall–Kier alpha value is -0.150. The van der Waals surface area contributed by atoms with Gasteiger partial charge >= 0.3 is 7.82 Å². The fraction of sp³-hybridized carbons (Fsp3) is 0.826. The summed E-state index contributed by atoms with van der Waals surface area (Å²) in [6.07, 6.45) is 2.38. The molecule has 0 N–H and O–H groups in total. The second kappa shape index (κ2) is 12.7. The average molecular weight is 525 g/mol. The fourth-order valence-corrected chi connectivity index (χ4v) is 5.88. The zero-order chi connectivity index (χ0) is 25.5. The molecule has 0 amide bonds. The smallest absolute Gasteiger partial charge is 0.365 e. The molecule has 0 spiro atoms. The topological polar surface area (TPSA) is 88.1 Å². The molecule has 0 aromatic rings. The fourth-order valence-electron chi connectivity index (χ4n) is 2.83. The number of rotatable bonds is 12. The number of thioether (sulfide) groups is 2. The highest BCUT2D eigenvalue weighted by Gasteiger charge is 2.43. The zero-order valence-corrected chi connectivity index (χ0v) is 23.8. The first-order chi connectivity index (χ1) is 15.0. The van der Waals surface area contributed by atoms with Crippen LogP contribution >= 0.6 is 31.3 Å². The third kappa shape index (κ3) is 10.6. The highest BCUT2D eigenvalue weighted by Crippen LogP contribution is 2.51. The van der Waals surface area contributed by atoms with E-state index in [1.807, 2.05) is 48.5 Å². The van der Waals surface area contributed by atoms with Gasteiger partial charge in [-0.2, -0.15) is 0 Å². The molecular formula is C23H41O7PS2. The Bertz CT molecular complexity index is 679. The summed E-state index contributed by atoms with van der Waals surface area (Å²) in [7, 11) is -3.95. The van der Waals surface area contributed by atoms with E-state index in [0.29, 0.717) is 23.8 Å². The van der Waals surface area contributed by atoms with Gasteiger partial charge in [0.05, 0.1) is 25.9 Å². The molecule has 0 saturated carbocycles. The Morgan fingerprint density at radius 2 is 1.45 bits per heavy atom. The second-order valence-corrected chi connectivity index (χ2v) is 14.2. The van der Waals surface area contributed by atoms with Crippen molar-refractivity contribution in [2.45, 2.75) is 73.5 Å². The maximum atomic E-state index is 13.3. The first-order valence-corrected chi connectivity index (χ1v) is 14.7. The van der Waals surface area contributed by atoms with Crippen LogP contribution in [-0.2, 0) is 32.5 Å². The first kappa shape index (κ1) is 30.9. The van der Waals surface area contributed by atoms with Crippen molar-refractivity contribution in [2.75, 3.05) is 31.3 Å². The Morgan fingerprint density at radius 1 is 1.00 bits per heavy atom. The number of hydrogen-bond acceptors (Lipinski definition) is 9. The maximum Gasteiger partial charge on any atom is 0.474 e. The molecule has 192 valence electrons. The van der Waals surface area contributed by atoms with Crippen molar-refractivity contribution in [1.29, 1.82) is 0 Å². The minimum atomic E-state index is -3.95. The van der Waals surface area contributed by atoms with Gasteiger partial charge in [-0.1, -0.05) is 78.1 Å². The lowest BCUT2D eigenvalue weighted by Crippen LogP contribution is -2.32. The standard InChI is InChI=1S/C23H41O7PS2/c1-10-23(15-17(2)18(3)30-23)16-29-31(26,27-11-13-32-19(24)21(4,5)6)28-12-14-33-20(25)22(7,8)9/h10,17-18H,1,11-16H2,2-9H3/t17-,18-,23-/m0/s1. The summed E-state index contributed by atoms with van der Waals surface area (Å²) in [4.78, 5) is 24.2. The van der Waals surface area contributed by atoms with E-state index < -0.39 is 24.3 Å². The van der Waals surface area contributed by atoms with Gasteiger partial charge in [-0.05, 0) is 19.3 Å². The lowest BCUT2D eigenvalue weighted by atomic mass is 9.94. The number of carbonyl (C=O) groups is 2. The van der Waals surface area contributed by atoms with Crippen LogP contribution in [0.3, 0.4) is 0 Å². The largest absolute Gasteiger partial charge is 0.474 e. The summed E-state index contributed by atoms with van der Waals surface area (Å²) in [6, 6.07) is 0. The molecule has 1 fully saturated rings. The van der Waals surface area contributed by atoms with Crippen molar-refractivity contribution < 1.29 is 32.5 Å². The monoisotopic (exact) mass is 524 g/mol. The lowest BCUT2D eigenvalue weighted by molar-refractivity contribution is -0.118. The Kier molecular flexibility index (Phi) is 11.9. The van der Waals surface area contributed by atoms with Gasteiger partial charge in [-0.15, -0.1) is 6.58 Å². The van der Waals surface area contributed by atoms with Gasteiger partial charge < -0.3 is 4.74 Å². The Labute approximate surface area is 208 Å². The number of carbonyl (C=O) groups excluding carboxylic acids is 2. The van der Waals surface area contributed by atoms with Gasteiger partial charge in [-0.3, -0.25) is 23.2 Å². The van der Waals surface area contributed by atoms with Gasteiger partial charge in [0.1, 0.15) is 5.60 Å². The number of hydrogen-bond donors (Lipinski definition) is 0. The zero-order valence-electron chi connectivity index (χ0n) is 21.3. The average Bonchev–Trinajstić information content (AvgIpc) is 3.00. The molecular weight excluding hydrogens is 483 g/mol. The minimum Gasteiger partial charge on any atom is -0.365 e. The van der Waals surface area contributed by atoms with E-state index in [9.17, 15) is 14.2 Å². The molecule has 0 aliphatic carbocycles. The van der Waals surface area contributed by atoms with Crippen LogP contribution in [0.15, 0.2) is 12.7 Å². The Morgan fingerprint density at radius 3 is 1.79 bits per heavy atom. The number of phosphoric ester groups is 1. The molecule has 0 radical (unpaired) electrons. The molecule has 1 aliphatic heterocycles. The third-order valence-corrected chi connectivity index (χ3v) is 9.02. The summed E-state index contributed by atoms with van der Waals surface area (Å²) >= 11 is 2.24. The summed E-state index contributed by atoms with van der Waals surface area (Å²) in [6.45, 7) is 19.0. The molecule has 0 unspecified atom stereocenters. The molecule has 3 atom stereocenters. The van der Waals surface area contributed by atoms with Gasteiger partial charge in [0.2, 0.25) is 0 Å². The van der Waals surface area contributed by atoms with Crippen LogP contribution < -0.4 is 0 Å². The van der Waals surface area contributed by atoms with Crippen molar-refractivity contribution >= 4 is 41.6 Å². The molecule has 1 rings (SSSR count). The van der Waals surface area contributed by atoms with Gasteiger partial charge in [0, 0.05) is 22.3 Å². The van der Waals surface area contributed by atoms with Crippen LogP contribution in [0.4, 0.5) is 0 Å². The summed E-state index contributed by atoms with van der Waals surface area (Å²) in [5, 5.41) is 0.0422. The van der Waals surface area contributed by atoms with Crippen LogP contribution in [0.2, 0.25) is 0 Å². The molecule has 0 bridgehead atoms. The molecule has 1 heterocycles. The van der Waals surface area contributed by atoms with Crippen LogP contribution in [0.1, 0.15) is 61.8 Å². The summed E-state index contributed by atoms with van der Waals surface area (Å²) in [5.74, 6) is 0.940. The minimum absolute atomic E-state index is 0.0204. The highest BCUT2D eigenvalue weighted by atomic mass is 32.2. The van der Waals surface area contributed by atoms with Gasteiger partial charge in [-0.25, -0.2) is 4.57 Å². The summed E-state index contributed by atoms with van der Waals surface area (Å²) < 4.78 is 36.1. The molecule has 1 aliphatic rings. The van der Waals surface area contributed by atoms with Crippen molar-refractivity contribution in [3.8, 4) is 0 Å². The lowest BCUT2D eigenvalue weighted by Gasteiger charge is -2.27. The number of phosphoric acid groups is 1. The predicted octanol–water partition coefficient (Wildman–Crippen LogP) is 6.13. The Balaban J connectivity index is 2.72. The van der Waals surface area contributed by atoms with Crippen LogP contribution in [0.5, 0.6) is 0 Å². The van der Waals surface area contributed by atoms with Crippen molar-refractivity contribution in [2.24, 2.45) is 16.7 Å². The molecule has 1 saturated heterocycles. The molecule has 7 nitrogen and oxygen atoms in total.